The van der Waals surface area contributed by atoms with Gasteiger partial charge in [-0.2, -0.15) is 0 Å². The molecule has 1 fully saturated rings. The van der Waals surface area contributed by atoms with Crippen molar-refractivity contribution in [2.24, 2.45) is 0 Å². The molecule has 1 atom stereocenters. The SMILES string of the molecule is Cc1ccccc1NC(=O)NC[C@@H]1CCCN1c1ncccn1. The molecule has 3 rings (SSSR count). The Morgan fingerprint density at radius 2 is 2.04 bits per heavy atom. The van der Waals surface area contributed by atoms with E-state index < -0.39 is 0 Å². The van der Waals surface area contributed by atoms with Crippen LogP contribution in [0.4, 0.5) is 16.4 Å². The minimum Gasteiger partial charge on any atom is -0.336 e. The maximum Gasteiger partial charge on any atom is 0.319 e. The summed E-state index contributed by atoms with van der Waals surface area (Å²) in [6, 6.07) is 9.60. The number of urea groups is 1. The first-order chi connectivity index (χ1) is 11.2. The summed E-state index contributed by atoms with van der Waals surface area (Å²) in [4.78, 5) is 22.9. The van der Waals surface area contributed by atoms with Gasteiger partial charge in [0.15, 0.2) is 0 Å². The number of aromatic nitrogens is 2. The van der Waals surface area contributed by atoms with Crippen LogP contribution in [0, 0.1) is 6.92 Å². The molecule has 6 heteroatoms. The number of hydrogen-bond acceptors (Lipinski definition) is 4. The van der Waals surface area contributed by atoms with Crippen molar-refractivity contribution in [3.05, 3.63) is 48.3 Å². The molecule has 0 radical (unpaired) electrons. The standard InChI is InChI=1S/C17H21N5O/c1-13-6-2-3-8-15(13)21-17(23)20-12-14-7-4-11-22(14)16-18-9-5-10-19-16/h2-3,5-6,8-10,14H,4,7,11-12H2,1H3,(H2,20,21,23)/t14-/m0/s1. The first-order valence-corrected chi connectivity index (χ1v) is 7.88. The van der Waals surface area contributed by atoms with Crippen molar-refractivity contribution in [1.82, 2.24) is 15.3 Å². The number of rotatable bonds is 4. The summed E-state index contributed by atoms with van der Waals surface area (Å²) in [5.74, 6) is 0.733. The van der Waals surface area contributed by atoms with Gasteiger partial charge in [0, 0.05) is 37.2 Å². The van der Waals surface area contributed by atoms with Crippen LogP contribution in [0.5, 0.6) is 0 Å². The van der Waals surface area contributed by atoms with Gasteiger partial charge in [-0.3, -0.25) is 0 Å². The lowest BCUT2D eigenvalue weighted by Crippen LogP contribution is -2.42. The Kier molecular flexibility index (Phi) is 4.71. The van der Waals surface area contributed by atoms with Crippen molar-refractivity contribution < 1.29 is 4.79 Å². The maximum absolute atomic E-state index is 12.1. The third kappa shape index (κ3) is 3.77. The lowest BCUT2D eigenvalue weighted by Gasteiger charge is -2.24. The first-order valence-electron chi connectivity index (χ1n) is 7.88. The summed E-state index contributed by atoms with van der Waals surface area (Å²) in [5.41, 5.74) is 1.88. The van der Waals surface area contributed by atoms with Gasteiger partial charge in [-0.1, -0.05) is 18.2 Å². The van der Waals surface area contributed by atoms with E-state index in [2.05, 4.69) is 25.5 Å². The molecule has 0 saturated carbocycles. The highest BCUT2D eigenvalue weighted by Crippen LogP contribution is 2.21. The van der Waals surface area contributed by atoms with E-state index in [1.807, 2.05) is 37.3 Å². The van der Waals surface area contributed by atoms with Gasteiger partial charge < -0.3 is 15.5 Å². The summed E-state index contributed by atoms with van der Waals surface area (Å²) in [5, 5.41) is 5.84. The zero-order valence-corrected chi connectivity index (χ0v) is 13.2. The van der Waals surface area contributed by atoms with E-state index in [1.165, 1.54) is 0 Å². The molecular formula is C17H21N5O. The molecule has 120 valence electrons. The fourth-order valence-corrected chi connectivity index (χ4v) is 2.84. The smallest absolute Gasteiger partial charge is 0.319 e. The molecule has 2 amide bonds. The Hall–Kier alpha value is -2.63. The van der Waals surface area contributed by atoms with Crippen molar-refractivity contribution in [1.29, 1.82) is 0 Å². The van der Waals surface area contributed by atoms with Crippen molar-refractivity contribution in [2.45, 2.75) is 25.8 Å². The Morgan fingerprint density at radius 3 is 2.83 bits per heavy atom. The van der Waals surface area contributed by atoms with Crippen molar-refractivity contribution in [3.8, 4) is 0 Å². The third-order valence-electron chi connectivity index (χ3n) is 4.08. The normalized spacial score (nSPS) is 17.1. The van der Waals surface area contributed by atoms with Crippen LogP contribution < -0.4 is 15.5 Å². The molecule has 2 N–H and O–H groups in total. The highest BCUT2D eigenvalue weighted by atomic mass is 16.2. The number of hydrogen-bond donors (Lipinski definition) is 2. The summed E-state index contributed by atoms with van der Waals surface area (Å²) in [7, 11) is 0. The molecule has 0 bridgehead atoms. The van der Waals surface area contributed by atoms with E-state index in [9.17, 15) is 4.79 Å². The van der Waals surface area contributed by atoms with Crippen molar-refractivity contribution in [2.75, 3.05) is 23.3 Å². The highest BCUT2D eigenvalue weighted by molar-refractivity contribution is 5.90. The van der Waals surface area contributed by atoms with Crippen LogP contribution in [0.3, 0.4) is 0 Å². The van der Waals surface area contributed by atoms with Crippen molar-refractivity contribution >= 4 is 17.7 Å². The summed E-state index contributed by atoms with van der Waals surface area (Å²) < 4.78 is 0. The number of anilines is 2. The van der Waals surface area contributed by atoms with Gasteiger partial charge in [0.25, 0.3) is 0 Å². The molecule has 1 saturated heterocycles. The molecule has 0 aliphatic carbocycles. The van der Waals surface area contributed by atoms with Crippen LogP contribution in [0.25, 0.3) is 0 Å². The average molecular weight is 311 g/mol. The summed E-state index contributed by atoms with van der Waals surface area (Å²) >= 11 is 0. The zero-order valence-electron chi connectivity index (χ0n) is 13.2. The summed E-state index contributed by atoms with van der Waals surface area (Å²) in [6.45, 7) is 3.48. The molecule has 1 aliphatic heterocycles. The van der Waals surface area contributed by atoms with Crippen molar-refractivity contribution in [3.63, 3.8) is 0 Å². The molecule has 2 heterocycles. The molecule has 1 aromatic heterocycles. The van der Waals surface area contributed by atoms with E-state index in [0.717, 1.165) is 36.6 Å². The van der Waals surface area contributed by atoms with Gasteiger partial charge in [0.2, 0.25) is 5.95 Å². The van der Waals surface area contributed by atoms with Gasteiger partial charge in [0.1, 0.15) is 0 Å². The van der Waals surface area contributed by atoms with Crippen LogP contribution in [0.15, 0.2) is 42.7 Å². The second kappa shape index (κ2) is 7.09. The number of nitrogens with zero attached hydrogens (tertiary/aromatic N) is 3. The minimum atomic E-state index is -0.180. The van der Waals surface area contributed by atoms with Crippen LogP contribution >= 0.6 is 0 Å². The predicted octanol–water partition coefficient (Wildman–Crippen LogP) is 2.58. The molecular weight excluding hydrogens is 290 g/mol. The van der Waals surface area contributed by atoms with E-state index in [1.54, 1.807) is 12.4 Å². The monoisotopic (exact) mass is 311 g/mol. The Morgan fingerprint density at radius 1 is 1.26 bits per heavy atom. The topological polar surface area (TPSA) is 70.2 Å². The number of aryl methyl sites for hydroxylation is 1. The Balaban J connectivity index is 1.55. The summed E-state index contributed by atoms with van der Waals surface area (Å²) in [6.07, 6.45) is 5.61. The van der Waals surface area contributed by atoms with Gasteiger partial charge in [-0.15, -0.1) is 0 Å². The molecule has 2 aromatic rings. The molecule has 1 aromatic carbocycles. The number of para-hydroxylation sites is 1. The van der Waals surface area contributed by atoms with E-state index in [0.29, 0.717) is 6.54 Å². The third-order valence-corrected chi connectivity index (χ3v) is 4.08. The minimum absolute atomic E-state index is 0.180. The lowest BCUT2D eigenvalue weighted by atomic mass is 10.2. The second-order valence-electron chi connectivity index (χ2n) is 5.69. The van der Waals surface area contributed by atoms with Gasteiger partial charge in [-0.25, -0.2) is 14.8 Å². The maximum atomic E-state index is 12.1. The largest absolute Gasteiger partial charge is 0.336 e. The van der Waals surface area contributed by atoms with E-state index in [4.69, 9.17) is 0 Å². The van der Waals surface area contributed by atoms with E-state index >= 15 is 0 Å². The van der Waals surface area contributed by atoms with Crippen LogP contribution in [-0.2, 0) is 0 Å². The highest BCUT2D eigenvalue weighted by Gasteiger charge is 2.26. The number of carbonyl (C=O) groups excluding carboxylic acids is 1. The fraction of sp³-hybridized carbons (Fsp3) is 0.353. The predicted molar refractivity (Wildman–Crippen MR) is 90.6 cm³/mol. The Bertz CT molecular complexity index is 661. The quantitative estimate of drug-likeness (QED) is 0.910. The van der Waals surface area contributed by atoms with Gasteiger partial charge in [-0.05, 0) is 37.5 Å². The van der Waals surface area contributed by atoms with Crippen LogP contribution in [0.2, 0.25) is 0 Å². The molecule has 0 unspecified atom stereocenters. The second-order valence-corrected chi connectivity index (χ2v) is 5.69. The number of nitrogens with one attached hydrogen (secondary N) is 2. The van der Waals surface area contributed by atoms with Crippen LogP contribution in [0.1, 0.15) is 18.4 Å². The van der Waals surface area contributed by atoms with Crippen LogP contribution in [-0.4, -0.2) is 35.1 Å². The number of carbonyl (C=O) groups is 1. The fourth-order valence-electron chi connectivity index (χ4n) is 2.84. The molecule has 1 aliphatic rings. The zero-order chi connectivity index (χ0) is 16.1. The molecule has 6 nitrogen and oxygen atoms in total. The lowest BCUT2D eigenvalue weighted by molar-refractivity contribution is 0.251. The first kappa shape index (κ1) is 15.3. The number of benzene rings is 1. The average Bonchev–Trinajstić information content (AvgIpc) is 3.04. The van der Waals surface area contributed by atoms with Gasteiger partial charge >= 0.3 is 6.03 Å². The molecule has 23 heavy (non-hydrogen) atoms. The van der Waals surface area contributed by atoms with Gasteiger partial charge in [0.05, 0.1) is 0 Å². The molecule has 0 spiro atoms. The van der Waals surface area contributed by atoms with E-state index in [-0.39, 0.29) is 12.1 Å². The Labute approximate surface area is 135 Å². The number of amides is 2.